The summed E-state index contributed by atoms with van der Waals surface area (Å²) in [5.74, 6) is -0.711. The van der Waals surface area contributed by atoms with Crippen molar-refractivity contribution < 1.29 is 14.6 Å². The quantitative estimate of drug-likeness (QED) is 0.922. The van der Waals surface area contributed by atoms with Gasteiger partial charge < -0.3 is 14.6 Å². The third-order valence-electron chi connectivity index (χ3n) is 4.72. The smallest absolute Gasteiger partial charge is 0.223 e. The van der Waals surface area contributed by atoms with Gasteiger partial charge in [0.1, 0.15) is 0 Å². The lowest BCUT2D eigenvalue weighted by Crippen LogP contribution is -2.30. The second-order valence-corrected chi connectivity index (χ2v) is 6.16. The van der Waals surface area contributed by atoms with Gasteiger partial charge in [-0.05, 0) is 16.7 Å². The molecule has 1 atom stereocenters. The van der Waals surface area contributed by atoms with Crippen LogP contribution in [0.3, 0.4) is 0 Å². The highest BCUT2D eigenvalue weighted by Gasteiger charge is 2.44. The molecule has 118 valence electrons. The maximum Gasteiger partial charge on any atom is 0.223 e. The molecule has 0 saturated carbocycles. The topological polar surface area (TPSA) is 38.7 Å². The van der Waals surface area contributed by atoms with E-state index in [1.165, 1.54) is 0 Å². The maximum atomic E-state index is 9.43. The number of fused-ring (bicyclic) bond motifs is 4. The van der Waals surface area contributed by atoms with E-state index in [1.807, 2.05) is 19.1 Å². The Bertz CT molecular complexity index is 757. The number of hydrogen-bond donors (Lipinski definition) is 1. The minimum Gasteiger partial charge on any atom is -0.396 e. The predicted molar refractivity (Wildman–Crippen MR) is 90.0 cm³/mol. The largest absolute Gasteiger partial charge is 0.396 e. The highest BCUT2D eigenvalue weighted by molar-refractivity contribution is 5.77. The van der Waals surface area contributed by atoms with E-state index in [1.54, 1.807) is 0 Å². The van der Waals surface area contributed by atoms with E-state index in [2.05, 4.69) is 42.5 Å². The first-order chi connectivity index (χ1) is 11.2. The summed E-state index contributed by atoms with van der Waals surface area (Å²) in [6.45, 7) is 3.33. The van der Waals surface area contributed by atoms with Gasteiger partial charge in [-0.2, -0.15) is 0 Å². The molecule has 3 nitrogen and oxygen atoms in total. The molecule has 2 aromatic carbocycles. The molecule has 4 rings (SSSR count). The fraction of sp³-hybridized carbons (Fsp3) is 0.300. The van der Waals surface area contributed by atoms with Gasteiger partial charge in [0.05, 0.1) is 13.2 Å². The van der Waals surface area contributed by atoms with E-state index in [0.717, 1.165) is 27.8 Å². The Morgan fingerprint density at radius 1 is 1.00 bits per heavy atom. The van der Waals surface area contributed by atoms with Crippen LogP contribution in [0.4, 0.5) is 0 Å². The van der Waals surface area contributed by atoms with Crippen LogP contribution in [0, 0.1) is 0 Å². The molecule has 0 bridgehead atoms. The molecule has 0 amide bonds. The van der Waals surface area contributed by atoms with Crippen molar-refractivity contribution in [2.24, 2.45) is 0 Å². The fourth-order valence-corrected chi connectivity index (χ4v) is 3.42. The first-order valence-corrected chi connectivity index (χ1v) is 8.05. The van der Waals surface area contributed by atoms with E-state index >= 15 is 0 Å². The van der Waals surface area contributed by atoms with E-state index in [9.17, 15) is 5.11 Å². The Balaban J connectivity index is 1.94. The summed E-state index contributed by atoms with van der Waals surface area (Å²) < 4.78 is 12.3. The molecule has 23 heavy (non-hydrogen) atoms. The lowest BCUT2D eigenvalue weighted by molar-refractivity contribution is -0.130. The second kappa shape index (κ2) is 5.60. The molecule has 1 unspecified atom stereocenters. The number of rotatable bonds is 2. The van der Waals surface area contributed by atoms with Crippen molar-refractivity contribution in [3.8, 4) is 0 Å². The van der Waals surface area contributed by atoms with Crippen LogP contribution in [-0.2, 0) is 15.3 Å². The third kappa shape index (κ3) is 2.24. The number of aliphatic hydroxyl groups excluding tert-OH is 1. The van der Waals surface area contributed by atoms with Crippen molar-refractivity contribution >= 4 is 12.2 Å². The Morgan fingerprint density at radius 2 is 1.70 bits per heavy atom. The van der Waals surface area contributed by atoms with Crippen LogP contribution >= 0.6 is 0 Å². The summed E-state index contributed by atoms with van der Waals surface area (Å²) in [4.78, 5) is 0. The lowest BCUT2D eigenvalue weighted by atomic mass is 9.90. The van der Waals surface area contributed by atoms with Crippen LogP contribution < -0.4 is 0 Å². The number of aliphatic hydroxyl groups is 1. The van der Waals surface area contributed by atoms with E-state index in [-0.39, 0.29) is 12.5 Å². The minimum atomic E-state index is -0.823. The third-order valence-corrected chi connectivity index (χ3v) is 4.72. The summed E-state index contributed by atoms with van der Waals surface area (Å²) in [7, 11) is 0. The molecule has 1 heterocycles. The zero-order chi connectivity index (χ0) is 15.9. The molecule has 0 aromatic heterocycles. The Labute approximate surface area is 136 Å². The Hall–Kier alpha value is -1.94. The summed E-state index contributed by atoms with van der Waals surface area (Å²) in [5.41, 5.74) is 5.40. The van der Waals surface area contributed by atoms with Crippen LogP contribution in [0.15, 0.2) is 42.5 Å². The van der Waals surface area contributed by atoms with Gasteiger partial charge in [0.15, 0.2) is 0 Å². The van der Waals surface area contributed by atoms with Crippen LogP contribution in [0.25, 0.3) is 12.2 Å². The molecular weight excluding hydrogens is 288 g/mol. The van der Waals surface area contributed by atoms with Gasteiger partial charge >= 0.3 is 0 Å². The Morgan fingerprint density at radius 3 is 2.48 bits per heavy atom. The second-order valence-electron chi connectivity index (χ2n) is 6.16. The maximum absolute atomic E-state index is 9.43. The van der Waals surface area contributed by atoms with Crippen molar-refractivity contribution in [1.82, 2.24) is 0 Å². The summed E-state index contributed by atoms with van der Waals surface area (Å²) in [6, 6.07) is 14.5. The van der Waals surface area contributed by atoms with Crippen LogP contribution in [-0.4, -0.2) is 24.9 Å². The van der Waals surface area contributed by atoms with Crippen LogP contribution in [0.5, 0.6) is 0 Å². The predicted octanol–water partition coefficient (Wildman–Crippen LogP) is 3.51. The molecule has 3 heteroatoms. The molecule has 2 aromatic rings. The van der Waals surface area contributed by atoms with Crippen molar-refractivity contribution in [2.75, 3.05) is 19.8 Å². The molecule has 1 spiro atoms. The van der Waals surface area contributed by atoms with Crippen molar-refractivity contribution in [1.29, 1.82) is 0 Å². The molecule has 1 fully saturated rings. The van der Waals surface area contributed by atoms with Gasteiger partial charge in [-0.1, -0.05) is 61.5 Å². The number of hydrogen-bond acceptors (Lipinski definition) is 3. The normalized spacial score (nSPS) is 19.2. The van der Waals surface area contributed by atoms with Crippen molar-refractivity contribution in [3.63, 3.8) is 0 Å². The molecule has 1 N–H and O–H groups in total. The first kappa shape index (κ1) is 14.6. The standard InChI is InChI=1S/C20H20O3/c1-14(13-21)16-8-9-19-17(12-16)7-6-15-4-2-3-5-18(15)20(19)22-10-11-23-20/h2-9,12,14,21H,10-11,13H2,1H3. The highest BCUT2D eigenvalue weighted by Crippen LogP contribution is 2.44. The van der Waals surface area contributed by atoms with Crippen LogP contribution in [0.2, 0.25) is 0 Å². The monoisotopic (exact) mass is 308 g/mol. The molecule has 1 aliphatic heterocycles. The van der Waals surface area contributed by atoms with E-state index in [4.69, 9.17) is 9.47 Å². The highest BCUT2D eigenvalue weighted by atomic mass is 16.7. The molecule has 0 radical (unpaired) electrons. The summed E-state index contributed by atoms with van der Waals surface area (Å²) in [6.07, 6.45) is 4.23. The van der Waals surface area contributed by atoms with Gasteiger partial charge in [-0.15, -0.1) is 0 Å². The first-order valence-electron chi connectivity index (χ1n) is 8.05. The van der Waals surface area contributed by atoms with Crippen molar-refractivity contribution in [3.05, 3.63) is 70.3 Å². The van der Waals surface area contributed by atoms with E-state index in [0.29, 0.717) is 13.2 Å². The van der Waals surface area contributed by atoms with E-state index < -0.39 is 5.79 Å². The molecule has 1 saturated heterocycles. The SMILES string of the molecule is CC(CO)c1ccc2c(c1)C=Cc1ccccc1C21OCCO1. The molecule has 2 aliphatic rings. The van der Waals surface area contributed by atoms with Crippen LogP contribution in [0.1, 0.15) is 40.7 Å². The van der Waals surface area contributed by atoms with Crippen molar-refractivity contribution in [2.45, 2.75) is 18.6 Å². The van der Waals surface area contributed by atoms with Gasteiger partial charge in [-0.3, -0.25) is 0 Å². The lowest BCUT2D eigenvalue weighted by Gasteiger charge is -2.30. The zero-order valence-electron chi connectivity index (χ0n) is 13.2. The van der Waals surface area contributed by atoms with Gasteiger partial charge in [0, 0.05) is 23.7 Å². The van der Waals surface area contributed by atoms with Gasteiger partial charge in [-0.25, -0.2) is 0 Å². The average molecular weight is 308 g/mol. The molecule has 1 aliphatic carbocycles. The molecular formula is C20H20O3. The van der Waals surface area contributed by atoms with Gasteiger partial charge in [0.25, 0.3) is 0 Å². The minimum absolute atomic E-state index is 0.112. The number of benzene rings is 2. The average Bonchev–Trinajstić information content (AvgIpc) is 3.04. The summed E-state index contributed by atoms with van der Waals surface area (Å²) >= 11 is 0. The number of ether oxygens (including phenoxy) is 2. The Kier molecular flexibility index (Phi) is 3.57. The van der Waals surface area contributed by atoms with Gasteiger partial charge in [0.2, 0.25) is 5.79 Å². The fourth-order valence-electron chi connectivity index (χ4n) is 3.42. The summed E-state index contributed by atoms with van der Waals surface area (Å²) in [5, 5.41) is 9.43. The zero-order valence-corrected chi connectivity index (χ0v) is 13.2.